The first-order valence-corrected chi connectivity index (χ1v) is 12.5. The van der Waals surface area contributed by atoms with E-state index in [1.54, 1.807) is 17.0 Å². The van der Waals surface area contributed by atoms with Crippen LogP contribution < -0.4 is 4.90 Å². The van der Waals surface area contributed by atoms with Crippen LogP contribution in [-0.4, -0.2) is 70.6 Å². The van der Waals surface area contributed by atoms with E-state index in [0.29, 0.717) is 43.6 Å². The fourth-order valence-electron chi connectivity index (χ4n) is 4.44. The zero-order valence-electron chi connectivity index (χ0n) is 19.0. The summed E-state index contributed by atoms with van der Waals surface area (Å²) in [5.74, 6) is 0.525. The molecular weight excluding hydrogens is 453 g/mol. The molecule has 34 heavy (non-hydrogen) atoms. The van der Waals surface area contributed by atoms with Crippen LogP contribution in [0, 0.1) is 5.82 Å². The fraction of sp³-hybridized carbons (Fsp3) is 0.360. The number of hydrogen-bond donors (Lipinski definition) is 0. The van der Waals surface area contributed by atoms with Crippen LogP contribution >= 0.6 is 11.8 Å². The van der Waals surface area contributed by atoms with Crippen LogP contribution in [-0.2, 0) is 9.59 Å². The van der Waals surface area contributed by atoms with Gasteiger partial charge in [-0.1, -0.05) is 37.2 Å². The summed E-state index contributed by atoms with van der Waals surface area (Å²) in [6.45, 7) is 4.62. The molecule has 2 aromatic carbocycles. The van der Waals surface area contributed by atoms with Crippen molar-refractivity contribution in [3.05, 3.63) is 59.9 Å². The quantitative estimate of drug-likeness (QED) is 0.656. The minimum Gasteiger partial charge on any atom is -0.368 e. The molecule has 1 unspecified atom stereocenters. The molecule has 0 spiro atoms. The Kier molecular flexibility index (Phi) is 6.36. The highest BCUT2D eigenvalue weighted by Crippen LogP contribution is 2.34. The Bertz CT molecular complexity index is 1160. The summed E-state index contributed by atoms with van der Waals surface area (Å²) in [6.07, 6.45) is 1.56. The van der Waals surface area contributed by atoms with E-state index >= 15 is 0 Å². The van der Waals surface area contributed by atoms with E-state index in [1.165, 1.54) is 23.9 Å². The Morgan fingerprint density at radius 1 is 1.09 bits per heavy atom. The van der Waals surface area contributed by atoms with Gasteiger partial charge in [-0.15, -0.1) is 0 Å². The van der Waals surface area contributed by atoms with E-state index in [0.717, 1.165) is 23.4 Å². The van der Waals surface area contributed by atoms with E-state index in [9.17, 15) is 14.0 Å². The minimum absolute atomic E-state index is 0.0144. The lowest BCUT2D eigenvalue weighted by atomic mass is 10.1. The van der Waals surface area contributed by atoms with Crippen molar-refractivity contribution in [2.75, 3.05) is 36.8 Å². The largest absolute Gasteiger partial charge is 0.368 e. The fourth-order valence-corrected chi connectivity index (χ4v) is 5.35. The Labute approximate surface area is 202 Å². The van der Waals surface area contributed by atoms with Gasteiger partial charge in [-0.05, 0) is 42.8 Å². The molecule has 0 radical (unpaired) electrons. The first-order valence-electron chi connectivity index (χ1n) is 11.6. The van der Waals surface area contributed by atoms with Gasteiger partial charge in [0.05, 0.1) is 11.4 Å². The molecule has 9 heteroatoms. The normalized spacial score (nSPS) is 19.5. The lowest BCUT2D eigenvalue weighted by Crippen LogP contribution is -2.49. The van der Waals surface area contributed by atoms with Crippen molar-refractivity contribution in [2.24, 2.45) is 9.98 Å². The van der Waals surface area contributed by atoms with E-state index in [1.807, 2.05) is 36.1 Å². The molecule has 0 N–H and O–H groups in total. The van der Waals surface area contributed by atoms with Gasteiger partial charge in [-0.2, -0.15) is 0 Å². The SMILES string of the molecule is CCCC1N=C2c3ccccc3N=C(SCC(=O)N3CCN(c4ccc(F)cc4)CC3)N2C1=O. The van der Waals surface area contributed by atoms with Gasteiger partial charge in [-0.3, -0.25) is 14.6 Å². The second kappa shape index (κ2) is 9.58. The first kappa shape index (κ1) is 22.6. The third-order valence-corrected chi connectivity index (χ3v) is 7.18. The molecule has 1 saturated heterocycles. The Balaban J connectivity index is 1.24. The van der Waals surface area contributed by atoms with Gasteiger partial charge in [0, 0.05) is 37.4 Å². The summed E-state index contributed by atoms with van der Waals surface area (Å²) in [7, 11) is 0. The van der Waals surface area contributed by atoms with Gasteiger partial charge in [-0.25, -0.2) is 14.3 Å². The van der Waals surface area contributed by atoms with Crippen molar-refractivity contribution in [1.29, 1.82) is 0 Å². The highest BCUT2D eigenvalue weighted by molar-refractivity contribution is 8.14. The number of hydrogen-bond acceptors (Lipinski definition) is 6. The maximum Gasteiger partial charge on any atom is 0.259 e. The number of thioether (sulfide) groups is 1. The van der Waals surface area contributed by atoms with Crippen molar-refractivity contribution in [3.8, 4) is 0 Å². The number of nitrogens with zero attached hydrogens (tertiary/aromatic N) is 5. The highest BCUT2D eigenvalue weighted by atomic mass is 32.2. The van der Waals surface area contributed by atoms with Crippen molar-refractivity contribution in [1.82, 2.24) is 9.80 Å². The number of amidine groups is 2. The van der Waals surface area contributed by atoms with Crippen LogP contribution in [0.4, 0.5) is 15.8 Å². The van der Waals surface area contributed by atoms with Gasteiger partial charge in [0.2, 0.25) is 5.91 Å². The molecule has 1 atom stereocenters. The summed E-state index contributed by atoms with van der Waals surface area (Å²) in [4.78, 5) is 41.0. The van der Waals surface area contributed by atoms with Crippen LogP contribution in [0.15, 0.2) is 58.5 Å². The average molecular weight is 480 g/mol. The van der Waals surface area contributed by atoms with Gasteiger partial charge >= 0.3 is 0 Å². The predicted molar refractivity (Wildman–Crippen MR) is 133 cm³/mol. The number of aliphatic imine (C=N–C) groups is 2. The van der Waals surface area contributed by atoms with Gasteiger partial charge in [0.1, 0.15) is 17.7 Å². The van der Waals surface area contributed by atoms with Crippen molar-refractivity contribution in [2.45, 2.75) is 25.8 Å². The molecule has 0 aliphatic carbocycles. The number of carbonyl (C=O) groups is 2. The number of anilines is 1. The van der Waals surface area contributed by atoms with Crippen molar-refractivity contribution in [3.63, 3.8) is 0 Å². The van der Waals surface area contributed by atoms with Crippen LogP contribution in [0.1, 0.15) is 25.3 Å². The molecule has 0 saturated carbocycles. The average Bonchev–Trinajstić information content (AvgIpc) is 3.19. The zero-order valence-corrected chi connectivity index (χ0v) is 19.8. The zero-order chi connectivity index (χ0) is 23.7. The monoisotopic (exact) mass is 479 g/mol. The summed E-state index contributed by atoms with van der Waals surface area (Å²) < 4.78 is 13.2. The molecule has 3 aliphatic heterocycles. The molecule has 3 heterocycles. The molecule has 0 bridgehead atoms. The molecular formula is C25H26FN5O2S. The molecule has 1 fully saturated rings. The lowest BCUT2D eigenvalue weighted by Gasteiger charge is -2.36. The minimum atomic E-state index is -0.396. The van der Waals surface area contributed by atoms with Crippen LogP contribution in [0.2, 0.25) is 0 Å². The number of benzene rings is 2. The smallest absolute Gasteiger partial charge is 0.259 e. The van der Waals surface area contributed by atoms with E-state index in [2.05, 4.69) is 4.90 Å². The maximum absolute atomic E-state index is 13.2. The second-order valence-corrected chi connectivity index (χ2v) is 9.42. The first-order chi connectivity index (χ1) is 16.5. The Hall–Kier alpha value is -3.20. The van der Waals surface area contributed by atoms with Gasteiger partial charge in [0.25, 0.3) is 5.91 Å². The third-order valence-electron chi connectivity index (χ3n) is 6.26. The third kappa shape index (κ3) is 4.32. The summed E-state index contributed by atoms with van der Waals surface area (Å²) in [5.41, 5.74) is 2.58. The number of piperazine rings is 1. The van der Waals surface area contributed by atoms with Crippen LogP contribution in [0.5, 0.6) is 0 Å². The lowest BCUT2D eigenvalue weighted by molar-refractivity contribution is -0.128. The van der Waals surface area contributed by atoms with E-state index < -0.39 is 6.04 Å². The number of fused-ring (bicyclic) bond motifs is 3. The van der Waals surface area contributed by atoms with Crippen molar-refractivity contribution >= 4 is 46.0 Å². The molecule has 2 amide bonds. The molecule has 176 valence electrons. The molecule has 0 aromatic heterocycles. The molecule has 2 aromatic rings. The highest BCUT2D eigenvalue weighted by Gasteiger charge is 2.41. The Morgan fingerprint density at radius 3 is 2.56 bits per heavy atom. The predicted octanol–water partition coefficient (Wildman–Crippen LogP) is 3.67. The van der Waals surface area contributed by atoms with E-state index in [-0.39, 0.29) is 23.4 Å². The number of rotatable bonds is 5. The molecule has 7 nitrogen and oxygen atoms in total. The number of halogens is 1. The Morgan fingerprint density at radius 2 is 1.82 bits per heavy atom. The summed E-state index contributed by atoms with van der Waals surface area (Å²) >= 11 is 1.29. The van der Waals surface area contributed by atoms with Crippen molar-refractivity contribution < 1.29 is 14.0 Å². The topological polar surface area (TPSA) is 68.6 Å². The second-order valence-electron chi connectivity index (χ2n) is 8.48. The summed E-state index contributed by atoms with van der Waals surface area (Å²) in [6, 6.07) is 13.7. The molecule has 5 rings (SSSR count). The van der Waals surface area contributed by atoms with E-state index in [4.69, 9.17) is 9.98 Å². The van der Waals surface area contributed by atoms with Crippen LogP contribution in [0.25, 0.3) is 0 Å². The molecule has 3 aliphatic rings. The van der Waals surface area contributed by atoms with Gasteiger partial charge < -0.3 is 9.80 Å². The summed E-state index contributed by atoms with van der Waals surface area (Å²) in [5, 5.41) is 0.513. The standard InChI is InChI=1S/C25H26FN5O2S/c1-2-5-21-24(33)31-23(27-21)19-6-3-4-7-20(19)28-25(31)34-16-22(32)30-14-12-29(13-15-30)18-10-8-17(26)9-11-18/h3-4,6-11,21H,2,5,12-16H2,1H3. The number of para-hydroxylation sites is 1. The number of carbonyl (C=O) groups excluding carboxylic acids is 2. The van der Waals surface area contributed by atoms with Crippen LogP contribution in [0.3, 0.4) is 0 Å². The van der Waals surface area contributed by atoms with Gasteiger partial charge in [0.15, 0.2) is 5.17 Å². The number of amides is 2. The maximum atomic E-state index is 13.2.